The van der Waals surface area contributed by atoms with Crippen molar-refractivity contribution in [2.24, 2.45) is 0 Å². The number of hydrogen-bond donors (Lipinski definition) is 1. The lowest BCUT2D eigenvalue weighted by atomic mass is 9.92. The molecule has 1 N–H and O–H groups in total. The van der Waals surface area contributed by atoms with Gasteiger partial charge in [0.05, 0.1) is 5.69 Å². The zero-order valence-electron chi connectivity index (χ0n) is 11.8. The summed E-state index contributed by atoms with van der Waals surface area (Å²) in [7, 11) is -3.83. The van der Waals surface area contributed by atoms with E-state index in [2.05, 4.69) is 14.9 Å². The monoisotopic (exact) mass is 306 g/mol. The first-order valence-corrected chi connectivity index (χ1v) is 7.57. The second-order valence-electron chi connectivity index (χ2n) is 5.42. The van der Waals surface area contributed by atoms with E-state index in [4.69, 9.17) is 9.78 Å². The maximum Gasteiger partial charge on any atom is 0.265 e. The molecule has 0 aliphatic carbocycles. The molecule has 2 aromatic heterocycles. The first kappa shape index (κ1) is 15.0. The van der Waals surface area contributed by atoms with Crippen LogP contribution in [0.2, 0.25) is 0 Å². The van der Waals surface area contributed by atoms with Gasteiger partial charge in [-0.05, 0) is 12.1 Å². The van der Waals surface area contributed by atoms with Crippen molar-refractivity contribution in [2.45, 2.75) is 31.1 Å². The highest BCUT2D eigenvalue weighted by molar-refractivity contribution is 7.92. The van der Waals surface area contributed by atoms with Gasteiger partial charge in [-0.2, -0.15) is 5.26 Å². The molecule has 0 saturated heterocycles. The molecule has 0 aliphatic heterocycles. The number of nitriles is 1. The Hall–Kier alpha value is -2.40. The van der Waals surface area contributed by atoms with Crippen LogP contribution < -0.4 is 4.72 Å². The highest BCUT2D eigenvalue weighted by Gasteiger charge is 2.22. The van der Waals surface area contributed by atoms with Gasteiger partial charge in [-0.25, -0.2) is 18.1 Å². The Morgan fingerprint density at radius 2 is 2.05 bits per heavy atom. The molecule has 21 heavy (non-hydrogen) atoms. The fourth-order valence-electron chi connectivity index (χ4n) is 1.47. The Balaban J connectivity index is 2.25. The van der Waals surface area contributed by atoms with E-state index in [1.165, 1.54) is 18.2 Å². The van der Waals surface area contributed by atoms with E-state index in [0.717, 1.165) is 6.20 Å². The highest BCUT2D eigenvalue weighted by atomic mass is 32.2. The highest BCUT2D eigenvalue weighted by Crippen LogP contribution is 2.25. The van der Waals surface area contributed by atoms with Gasteiger partial charge in [0.25, 0.3) is 10.0 Å². The van der Waals surface area contributed by atoms with Gasteiger partial charge in [-0.15, -0.1) is 0 Å². The first-order valence-electron chi connectivity index (χ1n) is 6.08. The molecule has 0 spiro atoms. The summed E-state index contributed by atoms with van der Waals surface area (Å²) in [5, 5.41) is 12.5. The lowest BCUT2D eigenvalue weighted by molar-refractivity contribution is 0.405. The van der Waals surface area contributed by atoms with Crippen LogP contribution >= 0.6 is 0 Å². The lowest BCUT2D eigenvalue weighted by Crippen LogP contribution is -2.13. The Labute approximate surface area is 122 Å². The Bertz CT molecular complexity index is 780. The number of rotatable bonds is 3. The van der Waals surface area contributed by atoms with E-state index < -0.39 is 10.0 Å². The molecule has 8 heteroatoms. The topological polar surface area (TPSA) is 109 Å². The maximum atomic E-state index is 12.1. The van der Waals surface area contributed by atoms with Gasteiger partial charge in [0.1, 0.15) is 16.7 Å². The summed E-state index contributed by atoms with van der Waals surface area (Å²) in [5.41, 5.74) is 0.533. The summed E-state index contributed by atoms with van der Waals surface area (Å²) >= 11 is 0. The molecule has 110 valence electrons. The number of sulfonamides is 1. The molecule has 0 aliphatic rings. The largest absolute Gasteiger partial charge is 0.338 e. The van der Waals surface area contributed by atoms with Gasteiger partial charge >= 0.3 is 0 Å². The van der Waals surface area contributed by atoms with Gasteiger partial charge in [0, 0.05) is 17.7 Å². The third-order valence-corrected chi connectivity index (χ3v) is 4.01. The summed E-state index contributed by atoms with van der Waals surface area (Å²) in [5.74, 6) is 0.0317. The van der Waals surface area contributed by atoms with E-state index >= 15 is 0 Å². The summed E-state index contributed by atoms with van der Waals surface area (Å²) in [4.78, 5) is 3.66. The fraction of sp³-hybridized carbons (Fsp3) is 0.308. The van der Waals surface area contributed by atoms with Gasteiger partial charge in [-0.1, -0.05) is 25.9 Å². The molecule has 0 bridgehead atoms. The van der Waals surface area contributed by atoms with Crippen LogP contribution in [0.1, 0.15) is 32.2 Å². The summed E-state index contributed by atoms with van der Waals surface area (Å²) < 4.78 is 31.5. The standard InChI is InChI=1S/C13H14N4O3S/c1-13(2,3)11-6-12(20-16-11)17-21(18,19)10-5-4-9(7-14)15-8-10/h4-6,8,17H,1-3H3. The number of pyridine rings is 1. The van der Waals surface area contributed by atoms with Crippen LogP contribution in [0.25, 0.3) is 0 Å². The minimum atomic E-state index is -3.83. The first-order chi connectivity index (χ1) is 9.72. The molecule has 7 nitrogen and oxygen atoms in total. The van der Waals surface area contributed by atoms with Crippen molar-refractivity contribution in [1.29, 1.82) is 5.26 Å². The molecular formula is C13H14N4O3S. The van der Waals surface area contributed by atoms with Crippen molar-refractivity contribution in [2.75, 3.05) is 4.72 Å². The fourth-order valence-corrected chi connectivity index (χ4v) is 2.39. The molecule has 0 atom stereocenters. The quantitative estimate of drug-likeness (QED) is 0.929. The molecule has 2 heterocycles. The van der Waals surface area contributed by atoms with Crippen LogP contribution in [0.3, 0.4) is 0 Å². The van der Waals surface area contributed by atoms with E-state index in [-0.39, 0.29) is 21.9 Å². The van der Waals surface area contributed by atoms with Crippen LogP contribution in [-0.4, -0.2) is 18.6 Å². The van der Waals surface area contributed by atoms with Gasteiger partial charge in [0.15, 0.2) is 0 Å². The van der Waals surface area contributed by atoms with Crippen LogP contribution in [0.15, 0.2) is 33.8 Å². The van der Waals surface area contributed by atoms with E-state index in [1.807, 2.05) is 26.8 Å². The van der Waals surface area contributed by atoms with Gasteiger partial charge < -0.3 is 4.52 Å². The average molecular weight is 306 g/mol. The van der Waals surface area contributed by atoms with Crippen molar-refractivity contribution < 1.29 is 12.9 Å². The van der Waals surface area contributed by atoms with Crippen LogP contribution in [0.5, 0.6) is 0 Å². The minimum Gasteiger partial charge on any atom is -0.338 e. The molecule has 0 radical (unpaired) electrons. The molecule has 0 fully saturated rings. The van der Waals surface area contributed by atoms with E-state index in [0.29, 0.717) is 5.69 Å². The zero-order valence-corrected chi connectivity index (χ0v) is 12.6. The SMILES string of the molecule is CC(C)(C)c1cc(NS(=O)(=O)c2ccc(C#N)nc2)on1. The summed E-state index contributed by atoms with van der Waals surface area (Å²) in [6.07, 6.45) is 1.11. The smallest absolute Gasteiger partial charge is 0.265 e. The normalized spacial score (nSPS) is 11.9. The Morgan fingerprint density at radius 3 is 2.52 bits per heavy atom. The number of nitrogens with zero attached hydrogens (tertiary/aromatic N) is 3. The Kier molecular flexibility index (Phi) is 3.70. The van der Waals surface area contributed by atoms with Crippen molar-refractivity contribution in [1.82, 2.24) is 10.1 Å². The van der Waals surface area contributed by atoms with Crippen molar-refractivity contribution >= 4 is 15.9 Å². The number of anilines is 1. The van der Waals surface area contributed by atoms with Crippen molar-refractivity contribution in [3.8, 4) is 6.07 Å². The van der Waals surface area contributed by atoms with Crippen molar-refractivity contribution in [3.05, 3.63) is 35.8 Å². The molecule has 2 aromatic rings. The predicted molar refractivity (Wildman–Crippen MR) is 75.0 cm³/mol. The second kappa shape index (κ2) is 5.18. The Morgan fingerprint density at radius 1 is 1.33 bits per heavy atom. The molecule has 0 unspecified atom stereocenters. The number of nitrogens with one attached hydrogen (secondary N) is 1. The minimum absolute atomic E-state index is 0.0317. The lowest BCUT2D eigenvalue weighted by Gasteiger charge is -2.12. The predicted octanol–water partition coefficient (Wildman–Crippen LogP) is 2.04. The molecule has 0 aromatic carbocycles. The van der Waals surface area contributed by atoms with Gasteiger partial charge in [0.2, 0.25) is 5.88 Å². The van der Waals surface area contributed by atoms with Gasteiger partial charge in [-0.3, -0.25) is 0 Å². The molecule has 0 amide bonds. The van der Waals surface area contributed by atoms with Crippen LogP contribution in [-0.2, 0) is 15.4 Å². The van der Waals surface area contributed by atoms with Crippen LogP contribution in [0.4, 0.5) is 5.88 Å². The molecule has 0 saturated carbocycles. The average Bonchev–Trinajstić information content (AvgIpc) is 2.86. The van der Waals surface area contributed by atoms with E-state index in [1.54, 1.807) is 0 Å². The van der Waals surface area contributed by atoms with Crippen molar-refractivity contribution in [3.63, 3.8) is 0 Å². The molecular weight excluding hydrogens is 292 g/mol. The number of aromatic nitrogens is 2. The third kappa shape index (κ3) is 3.38. The molecule has 2 rings (SSSR count). The zero-order chi connectivity index (χ0) is 15.7. The maximum absolute atomic E-state index is 12.1. The second-order valence-corrected chi connectivity index (χ2v) is 7.11. The van der Waals surface area contributed by atoms with Crippen LogP contribution in [0, 0.1) is 11.3 Å². The third-order valence-electron chi connectivity index (χ3n) is 2.67. The summed E-state index contributed by atoms with van der Waals surface area (Å²) in [6, 6.07) is 5.99. The number of hydrogen-bond acceptors (Lipinski definition) is 6. The summed E-state index contributed by atoms with van der Waals surface area (Å²) in [6.45, 7) is 5.81. The van der Waals surface area contributed by atoms with E-state index in [9.17, 15) is 8.42 Å².